The number of urea groups is 1. The second-order valence-electron chi connectivity index (χ2n) is 7.47. The average molecular weight is 343 g/mol. The Morgan fingerprint density at radius 1 is 1.08 bits per heavy atom. The second-order valence-corrected chi connectivity index (χ2v) is 7.47. The maximum absolute atomic E-state index is 12.7. The van der Waals surface area contributed by atoms with Crippen LogP contribution in [0.2, 0.25) is 0 Å². The minimum atomic E-state index is -0.419. The second kappa shape index (κ2) is 8.37. The number of carbonyl (C=O) groups excluding carboxylic acids is 2. The Balaban J connectivity index is 1.59. The summed E-state index contributed by atoms with van der Waals surface area (Å²) in [5.74, 6) is 0.465. The van der Waals surface area contributed by atoms with Gasteiger partial charge in [0, 0.05) is 19.1 Å². The topological polar surface area (TPSA) is 75.4 Å². The summed E-state index contributed by atoms with van der Waals surface area (Å²) in [6.07, 6.45) is 7.33. The number of nitrogens with zero attached hydrogens (tertiary/aromatic N) is 1. The van der Waals surface area contributed by atoms with Crippen LogP contribution in [0, 0.1) is 11.8 Å². The monoisotopic (exact) mass is 343 g/mol. The molecule has 136 valence electrons. The van der Waals surface area contributed by atoms with Gasteiger partial charge in [-0.15, -0.1) is 0 Å². The van der Waals surface area contributed by atoms with Gasteiger partial charge in [0.1, 0.15) is 0 Å². The van der Waals surface area contributed by atoms with Crippen LogP contribution in [0.25, 0.3) is 0 Å². The van der Waals surface area contributed by atoms with Crippen LogP contribution in [0.15, 0.2) is 30.3 Å². The highest BCUT2D eigenvalue weighted by Crippen LogP contribution is 2.28. The molecule has 1 aromatic rings. The van der Waals surface area contributed by atoms with Gasteiger partial charge in [0.25, 0.3) is 0 Å². The van der Waals surface area contributed by atoms with Crippen molar-refractivity contribution in [3.05, 3.63) is 35.9 Å². The quantitative estimate of drug-likeness (QED) is 0.882. The number of hydrogen-bond acceptors (Lipinski definition) is 2. The molecular formula is C20H29N3O2. The zero-order valence-electron chi connectivity index (χ0n) is 14.8. The molecule has 1 saturated heterocycles. The average Bonchev–Trinajstić information content (AvgIpc) is 2.64. The lowest BCUT2D eigenvalue weighted by Gasteiger charge is -2.35. The van der Waals surface area contributed by atoms with Gasteiger partial charge in [0.2, 0.25) is 5.91 Å². The lowest BCUT2D eigenvalue weighted by Crippen LogP contribution is -2.50. The summed E-state index contributed by atoms with van der Waals surface area (Å²) in [5.41, 5.74) is 6.72. The molecule has 0 radical (unpaired) electrons. The van der Waals surface area contributed by atoms with E-state index in [1.165, 1.54) is 18.4 Å². The number of hydrogen-bond donors (Lipinski definition) is 2. The van der Waals surface area contributed by atoms with E-state index < -0.39 is 6.03 Å². The number of piperidine rings is 1. The van der Waals surface area contributed by atoms with Crippen molar-refractivity contribution in [2.75, 3.05) is 13.1 Å². The third kappa shape index (κ3) is 4.74. The Labute approximate surface area is 150 Å². The number of likely N-dealkylation sites (tertiary alicyclic amines) is 1. The standard InChI is InChI=1S/C20H29N3O2/c21-20(25)23-12-6-10-17(14-23)19(24)22-18-11-5-4-9-16(18)13-15-7-2-1-3-8-15/h1-3,7-8,16-18H,4-6,9-14H2,(H2,21,25)(H,22,24)/t16-,17+,18-/m1/s1. The molecule has 25 heavy (non-hydrogen) atoms. The van der Waals surface area contributed by atoms with E-state index in [4.69, 9.17) is 5.73 Å². The molecule has 0 spiro atoms. The molecule has 1 saturated carbocycles. The van der Waals surface area contributed by atoms with E-state index in [1.54, 1.807) is 4.90 Å². The highest BCUT2D eigenvalue weighted by atomic mass is 16.2. The highest BCUT2D eigenvalue weighted by molar-refractivity contribution is 5.80. The van der Waals surface area contributed by atoms with Crippen LogP contribution in [0.3, 0.4) is 0 Å². The van der Waals surface area contributed by atoms with Gasteiger partial charge in [0.15, 0.2) is 0 Å². The van der Waals surface area contributed by atoms with E-state index in [1.807, 2.05) is 6.07 Å². The molecular weight excluding hydrogens is 314 g/mol. The van der Waals surface area contributed by atoms with Crippen LogP contribution in [-0.4, -0.2) is 36.0 Å². The maximum atomic E-state index is 12.7. The molecule has 2 fully saturated rings. The lowest BCUT2D eigenvalue weighted by molar-refractivity contribution is -0.127. The van der Waals surface area contributed by atoms with Crippen molar-refractivity contribution in [1.82, 2.24) is 10.2 Å². The molecule has 2 aliphatic rings. The van der Waals surface area contributed by atoms with Crippen molar-refractivity contribution in [2.45, 2.75) is 51.0 Å². The predicted octanol–water partition coefficient (Wildman–Crippen LogP) is 2.69. The Kier molecular flexibility index (Phi) is 5.95. The summed E-state index contributed by atoms with van der Waals surface area (Å²) in [4.78, 5) is 25.7. The van der Waals surface area contributed by atoms with Crippen molar-refractivity contribution in [2.24, 2.45) is 17.6 Å². The van der Waals surface area contributed by atoms with Crippen LogP contribution in [0.4, 0.5) is 4.79 Å². The van der Waals surface area contributed by atoms with E-state index in [9.17, 15) is 9.59 Å². The lowest BCUT2D eigenvalue weighted by atomic mass is 9.80. The molecule has 0 bridgehead atoms. The molecule has 5 nitrogen and oxygen atoms in total. The van der Waals surface area contributed by atoms with Gasteiger partial charge in [-0.2, -0.15) is 0 Å². The third-order valence-electron chi connectivity index (χ3n) is 5.68. The molecule has 1 aromatic carbocycles. The first-order valence-corrected chi connectivity index (χ1v) is 9.52. The first kappa shape index (κ1) is 17.8. The van der Waals surface area contributed by atoms with Crippen molar-refractivity contribution < 1.29 is 9.59 Å². The summed E-state index contributed by atoms with van der Waals surface area (Å²) < 4.78 is 0. The first-order valence-electron chi connectivity index (χ1n) is 9.52. The number of nitrogens with one attached hydrogen (secondary N) is 1. The minimum absolute atomic E-state index is 0.0934. The fourth-order valence-electron chi connectivity index (χ4n) is 4.25. The van der Waals surface area contributed by atoms with E-state index >= 15 is 0 Å². The van der Waals surface area contributed by atoms with Gasteiger partial charge < -0.3 is 16.0 Å². The summed E-state index contributed by atoms with van der Waals surface area (Å²) in [5, 5.41) is 3.30. The van der Waals surface area contributed by atoms with Gasteiger partial charge >= 0.3 is 6.03 Å². The maximum Gasteiger partial charge on any atom is 0.314 e. The van der Waals surface area contributed by atoms with Gasteiger partial charge in [-0.25, -0.2) is 4.79 Å². The van der Waals surface area contributed by atoms with Gasteiger partial charge in [-0.1, -0.05) is 43.2 Å². The number of amides is 3. The van der Waals surface area contributed by atoms with Crippen molar-refractivity contribution >= 4 is 11.9 Å². The molecule has 3 rings (SSSR count). The predicted molar refractivity (Wildman–Crippen MR) is 97.9 cm³/mol. The van der Waals surface area contributed by atoms with Crippen molar-refractivity contribution in [3.8, 4) is 0 Å². The van der Waals surface area contributed by atoms with Crippen LogP contribution in [-0.2, 0) is 11.2 Å². The molecule has 3 amide bonds. The molecule has 0 unspecified atom stereocenters. The Bertz CT molecular complexity index is 590. The third-order valence-corrected chi connectivity index (χ3v) is 5.68. The SMILES string of the molecule is NC(=O)N1CCC[C@H](C(=O)N[C@@H]2CCCC[C@@H]2Cc2ccccc2)C1. The van der Waals surface area contributed by atoms with Gasteiger partial charge in [-0.05, 0) is 43.6 Å². The minimum Gasteiger partial charge on any atom is -0.353 e. The highest BCUT2D eigenvalue weighted by Gasteiger charge is 2.31. The van der Waals surface area contributed by atoms with E-state index in [0.29, 0.717) is 19.0 Å². The molecule has 5 heteroatoms. The zero-order chi connectivity index (χ0) is 17.6. The number of carbonyl (C=O) groups is 2. The Hall–Kier alpha value is -2.04. The van der Waals surface area contributed by atoms with Crippen LogP contribution in [0.1, 0.15) is 44.1 Å². The smallest absolute Gasteiger partial charge is 0.314 e. The van der Waals surface area contributed by atoms with E-state index in [-0.39, 0.29) is 17.9 Å². The zero-order valence-corrected chi connectivity index (χ0v) is 14.8. The Morgan fingerprint density at radius 3 is 2.60 bits per heavy atom. The largest absolute Gasteiger partial charge is 0.353 e. The summed E-state index contributed by atoms with van der Waals surface area (Å²) in [6.45, 7) is 1.12. The van der Waals surface area contributed by atoms with Crippen LogP contribution in [0.5, 0.6) is 0 Å². The molecule has 0 aromatic heterocycles. The molecule has 1 heterocycles. The van der Waals surface area contributed by atoms with Gasteiger partial charge in [0.05, 0.1) is 5.92 Å². The fraction of sp³-hybridized carbons (Fsp3) is 0.600. The number of rotatable bonds is 4. The molecule has 3 atom stereocenters. The van der Waals surface area contributed by atoms with Crippen LogP contribution >= 0.6 is 0 Å². The van der Waals surface area contributed by atoms with E-state index in [2.05, 4.69) is 29.6 Å². The Morgan fingerprint density at radius 2 is 1.84 bits per heavy atom. The van der Waals surface area contributed by atoms with Crippen molar-refractivity contribution in [1.29, 1.82) is 0 Å². The van der Waals surface area contributed by atoms with Crippen LogP contribution < -0.4 is 11.1 Å². The van der Waals surface area contributed by atoms with Crippen molar-refractivity contribution in [3.63, 3.8) is 0 Å². The number of nitrogens with two attached hydrogens (primary N) is 1. The number of benzene rings is 1. The fourth-order valence-corrected chi connectivity index (χ4v) is 4.25. The summed E-state index contributed by atoms with van der Waals surface area (Å²) in [6, 6.07) is 10.3. The molecule has 1 aliphatic heterocycles. The van der Waals surface area contributed by atoms with Gasteiger partial charge in [-0.3, -0.25) is 4.79 Å². The summed E-state index contributed by atoms with van der Waals surface area (Å²) >= 11 is 0. The van der Waals surface area contributed by atoms with E-state index in [0.717, 1.165) is 32.1 Å². The normalized spacial score (nSPS) is 26.9. The summed E-state index contributed by atoms with van der Waals surface area (Å²) in [7, 11) is 0. The molecule has 3 N–H and O–H groups in total. The molecule has 1 aliphatic carbocycles. The number of primary amides is 1. The first-order chi connectivity index (χ1) is 12.1.